The first-order valence-corrected chi connectivity index (χ1v) is 4.51. The van der Waals surface area contributed by atoms with E-state index in [0.717, 1.165) is 24.1 Å². The van der Waals surface area contributed by atoms with Gasteiger partial charge in [-0.1, -0.05) is 0 Å². The fourth-order valence-electron chi connectivity index (χ4n) is 1.60. The first-order valence-electron chi connectivity index (χ1n) is 4.51. The summed E-state index contributed by atoms with van der Waals surface area (Å²) in [5.74, 6) is 6.41. The zero-order valence-corrected chi connectivity index (χ0v) is 7.51. The molecule has 0 aromatic carbocycles. The van der Waals surface area contributed by atoms with Crippen LogP contribution in [0.1, 0.15) is 24.5 Å². The minimum atomic E-state index is 0.270. The van der Waals surface area contributed by atoms with E-state index in [1.165, 1.54) is 11.0 Å². The molecule has 4 N–H and O–H groups in total. The maximum atomic E-state index is 5.64. The van der Waals surface area contributed by atoms with Gasteiger partial charge in [0.2, 0.25) is 5.95 Å². The molecule has 2 aromatic rings. The highest BCUT2D eigenvalue weighted by Crippen LogP contribution is 2.41. The third-order valence-electron chi connectivity index (χ3n) is 2.43. The van der Waals surface area contributed by atoms with Crippen molar-refractivity contribution in [2.75, 3.05) is 11.6 Å². The maximum Gasteiger partial charge on any atom is 0.222 e. The second kappa shape index (κ2) is 2.34. The van der Waals surface area contributed by atoms with Crippen LogP contribution in [0.3, 0.4) is 0 Å². The molecule has 0 radical (unpaired) electrons. The number of hydrogen-bond donors (Lipinski definition) is 2. The van der Waals surface area contributed by atoms with Gasteiger partial charge in [-0.15, -0.1) is 0 Å². The van der Waals surface area contributed by atoms with Crippen LogP contribution in [-0.2, 0) is 0 Å². The largest absolute Gasteiger partial charge is 0.368 e. The van der Waals surface area contributed by atoms with Gasteiger partial charge in [-0.25, -0.2) is 14.6 Å². The van der Waals surface area contributed by atoms with E-state index in [9.17, 15) is 0 Å². The average Bonchev–Trinajstić information content (AvgIpc) is 2.93. The van der Waals surface area contributed by atoms with Gasteiger partial charge in [0.15, 0.2) is 5.65 Å². The van der Waals surface area contributed by atoms with Crippen molar-refractivity contribution in [3.63, 3.8) is 0 Å². The van der Waals surface area contributed by atoms with Gasteiger partial charge in [0.05, 0.1) is 5.69 Å². The Kier molecular flexibility index (Phi) is 1.26. The molecule has 1 aliphatic carbocycles. The SMILES string of the molecule is Nc1nc(C2CC2)c2ncn(N)c2n1. The zero-order chi connectivity index (χ0) is 9.71. The number of hydrogen-bond acceptors (Lipinski definition) is 5. The van der Waals surface area contributed by atoms with Gasteiger partial charge in [-0.05, 0) is 12.8 Å². The molecule has 1 aliphatic rings. The molecule has 1 fully saturated rings. The van der Waals surface area contributed by atoms with E-state index in [-0.39, 0.29) is 5.95 Å². The predicted octanol–water partition coefficient (Wildman–Crippen LogP) is -0.000300. The average molecular weight is 190 g/mol. The van der Waals surface area contributed by atoms with Gasteiger partial charge in [-0.2, -0.15) is 4.98 Å². The van der Waals surface area contributed by atoms with Gasteiger partial charge in [0.1, 0.15) is 11.8 Å². The molecule has 6 heteroatoms. The summed E-state index contributed by atoms with van der Waals surface area (Å²) in [6.07, 6.45) is 3.84. The highest BCUT2D eigenvalue weighted by Gasteiger charge is 2.29. The molecule has 0 amide bonds. The molecule has 0 atom stereocenters. The lowest BCUT2D eigenvalue weighted by Gasteiger charge is -2.00. The summed E-state index contributed by atoms with van der Waals surface area (Å²) in [6, 6.07) is 0. The quantitative estimate of drug-likeness (QED) is 0.617. The van der Waals surface area contributed by atoms with Crippen LogP contribution in [0, 0.1) is 0 Å². The number of nitrogens with two attached hydrogens (primary N) is 2. The molecule has 14 heavy (non-hydrogen) atoms. The fraction of sp³-hybridized carbons (Fsp3) is 0.375. The van der Waals surface area contributed by atoms with Crippen molar-refractivity contribution in [2.24, 2.45) is 0 Å². The number of anilines is 1. The molecule has 1 saturated carbocycles. The molecule has 2 aromatic heterocycles. The number of imidazole rings is 1. The molecule has 72 valence electrons. The van der Waals surface area contributed by atoms with Crippen molar-refractivity contribution >= 4 is 17.1 Å². The third kappa shape index (κ3) is 0.935. The van der Waals surface area contributed by atoms with E-state index < -0.39 is 0 Å². The zero-order valence-electron chi connectivity index (χ0n) is 7.51. The van der Waals surface area contributed by atoms with Crippen LogP contribution in [0.4, 0.5) is 5.95 Å². The Morgan fingerprint density at radius 3 is 2.86 bits per heavy atom. The molecular formula is C8H10N6. The van der Waals surface area contributed by atoms with Gasteiger partial charge < -0.3 is 11.6 Å². The van der Waals surface area contributed by atoms with E-state index in [4.69, 9.17) is 11.6 Å². The summed E-state index contributed by atoms with van der Waals surface area (Å²) in [6.45, 7) is 0. The van der Waals surface area contributed by atoms with Crippen molar-refractivity contribution < 1.29 is 0 Å². The highest BCUT2D eigenvalue weighted by molar-refractivity contribution is 5.75. The molecule has 0 spiro atoms. The van der Waals surface area contributed by atoms with Crippen molar-refractivity contribution in [1.29, 1.82) is 0 Å². The van der Waals surface area contributed by atoms with Crippen LogP contribution in [0.5, 0.6) is 0 Å². The van der Waals surface area contributed by atoms with Crippen molar-refractivity contribution in [3.05, 3.63) is 12.0 Å². The minimum absolute atomic E-state index is 0.270. The molecule has 0 saturated heterocycles. The Hall–Kier alpha value is -1.85. The molecule has 0 bridgehead atoms. The highest BCUT2D eigenvalue weighted by atomic mass is 15.3. The molecule has 6 nitrogen and oxygen atoms in total. The summed E-state index contributed by atoms with van der Waals surface area (Å²) in [7, 11) is 0. The third-order valence-corrected chi connectivity index (χ3v) is 2.43. The monoisotopic (exact) mass is 190 g/mol. The first kappa shape index (κ1) is 7.54. The van der Waals surface area contributed by atoms with Crippen LogP contribution < -0.4 is 11.6 Å². The van der Waals surface area contributed by atoms with Crippen molar-refractivity contribution in [3.8, 4) is 0 Å². The predicted molar refractivity (Wildman–Crippen MR) is 51.9 cm³/mol. The summed E-state index contributed by atoms with van der Waals surface area (Å²) in [4.78, 5) is 12.4. The van der Waals surface area contributed by atoms with Gasteiger partial charge >= 0.3 is 0 Å². The van der Waals surface area contributed by atoms with Crippen molar-refractivity contribution in [1.82, 2.24) is 19.6 Å². The normalized spacial score (nSPS) is 16.3. The van der Waals surface area contributed by atoms with E-state index >= 15 is 0 Å². The Morgan fingerprint density at radius 1 is 1.36 bits per heavy atom. The van der Waals surface area contributed by atoms with Gasteiger partial charge in [0, 0.05) is 5.92 Å². The summed E-state index contributed by atoms with van der Waals surface area (Å²) in [5.41, 5.74) is 7.93. The first-order chi connectivity index (χ1) is 6.75. The number of nitrogens with zero attached hydrogens (tertiary/aromatic N) is 4. The van der Waals surface area contributed by atoms with Crippen LogP contribution in [0.2, 0.25) is 0 Å². The number of nitrogen functional groups attached to an aromatic ring is 2. The van der Waals surface area contributed by atoms with Crippen LogP contribution in [0.25, 0.3) is 11.2 Å². The van der Waals surface area contributed by atoms with Crippen LogP contribution in [0.15, 0.2) is 6.33 Å². The summed E-state index contributed by atoms with van der Waals surface area (Å²) < 4.78 is 1.37. The lowest BCUT2D eigenvalue weighted by molar-refractivity contribution is 0.995. The van der Waals surface area contributed by atoms with E-state index in [0.29, 0.717) is 11.6 Å². The Balaban J connectivity index is 2.35. The fourth-order valence-corrected chi connectivity index (χ4v) is 1.60. The van der Waals surface area contributed by atoms with Gasteiger partial charge in [-0.3, -0.25) is 0 Å². The molecular weight excluding hydrogens is 180 g/mol. The molecule has 3 rings (SSSR count). The smallest absolute Gasteiger partial charge is 0.222 e. The lowest BCUT2D eigenvalue weighted by atomic mass is 10.2. The second-order valence-corrected chi connectivity index (χ2v) is 3.57. The van der Waals surface area contributed by atoms with Gasteiger partial charge in [0.25, 0.3) is 0 Å². The molecule has 2 heterocycles. The van der Waals surface area contributed by atoms with Crippen LogP contribution >= 0.6 is 0 Å². The molecule has 0 aliphatic heterocycles. The van der Waals surface area contributed by atoms with Crippen LogP contribution in [-0.4, -0.2) is 19.6 Å². The Morgan fingerprint density at radius 2 is 2.14 bits per heavy atom. The second-order valence-electron chi connectivity index (χ2n) is 3.57. The maximum absolute atomic E-state index is 5.64. The minimum Gasteiger partial charge on any atom is -0.368 e. The lowest BCUT2D eigenvalue weighted by Crippen LogP contribution is -2.08. The van der Waals surface area contributed by atoms with E-state index in [1.54, 1.807) is 0 Å². The number of rotatable bonds is 1. The Labute approximate surface area is 79.9 Å². The number of fused-ring (bicyclic) bond motifs is 1. The summed E-state index contributed by atoms with van der Waals surface area (Å²) in [5, 5.41) is 0. The standard InChI is InChI=1S/C8H10N6/c9-8-12-5(4-1-2-4)6-7(13-8)14(10)3-11-6/h3-4H,1-2,10H2,(H2,9,12,13). The van der Waals surface area contributed by atoms with E-state index in [1.807, 2.05) is 0 Å². The topological polar surface area (TPSA) is 95.6 Å². The van der Waals surface area contributed by atoms with E-state index in [2.05, 4.69) is 15.0 Å². The number of aromatic nitrogens is 4. The Bertz CT molecular complexity index is 498. The molecule has 0 unspecified atom stereocenters. The van der Waals surface area contributed by atoms with Crippen molar-refractivity contribution in [2.45, 2.75) is 18.8 Å². The summed E-state index contributed by atoms with van der Waals surface area (Å²) >= 11 is 0.